The Bertz CT molecular complexity index is 347. The maximum atomic E-state index is 11.8. The molecule has 0 aromatic rings. The van der Waals surface area contributed by atoms with Gasteiger partial charge in [-0.05, 0) is 23.8 Å². The van der Waals surface area contributed by atoms with Gasteiger partial charge in [0.2, 0.25) is 5.91 Å². The second-order valence-corrected chi connectivity index (χ2v) is 5.03. The molecule has 17 heavy (non-hydrogen) atoms. The van der Waals surface area contributed by atoms with E-state index in [0.29, 0.717) is 12.5 Å². The molecule has 94 valence electrons. The minimum atomic E-state index is -0.0632. The number of rotatable bonds is 4. The summed E-state index contributed by atoms with van der Waals surface area (Å²) in [6.45, 7) is 2.20. The summed E-state index contributed by atoms with van der Waals surface area (Å²) in [6, 6.07) is 0. The highest BCUT2D eigenvalue weighted by Crippen LogP contribution is 2.51. The summed E-state index contributed by atoms with van der Waals surface area (Å²) in [4.78, 5) is 16.3. The van der Waals surface area contributed by atoms with Gasteiger partial charge in [-0.15, -0.1) is 0 Å². The van der Waals surface area contributed by atoms with Crippen molar-refractivity contribution in [3.8, 4) is 0 Å². The number of amides is 1. The molecule has 0 radical (unpaired) electrons. The van der Waals surface area contributed by atoms with E-state index >= 15 is 0 Å². The average molecular weight is 238 g/mol. The van der Waals surface area contributed by atoms with Crippen LogP contribution in [0.2, 0.25) is 0 Å². The molecule has 2 rings (SSSR count). The van der Waals surface area contributed by atoms with Gasteiger partial charge in [-0.3, -0.25) is 4.79 Å². The van der Waals surface area contributed by atoms with Crippen molar-refractivity contribution < 1.29 is 9.53 Å². The predicted molar refractivity (Wildman–Crippen MR) is 62.2 cm³/mol. The molecule has 1 aliphatic carbocycles. The number of hydrogen-bond donors (Lipinski definition) is 0. The van der Waals surface area contributed by atoms with E-state index in [0.717, 1.165) is 13.1 Å². The van der Waals surface area contributed by atoms with Crippen molar-refractivity contribution in [2.45, 2.75) is 19.3 Å². The first-order valence-electron chi connectivity index (χ1n) is 5.99. The second kappa shape index (κ2) is 4.94. The van der Waals surface area contributed by atoms with Crippen LogP contribution in [0.5, 0.6) is 0 Å². The Morgan fingerprint density at radius 3 is 2.94 bits per heavy atom. The number of likely N-dealkylation sites (tertiary alicyclic amines) is 1. The number of nitrogens with zero attached hydrogens (tertiary/aromatic N) is 4. The lowest BCUT2D eigenvalue weighted by molar-refractivity contribution is -0.129. The summed E-state index contributed by atoms with van der Waals surface area (Å²) >= 11 is 0. The molecule has 1 aliphatic heterocycles. The third-order valence-electron chi connectivity index (χ3n) is 4.15. The molecule has 1 atom stereocenters. The maximum absolute atomic E-state index is 11.8. The molecule has 1 amide bonds. The van der Waals surface area contributed by atoms with Crippen molar-refractivity contribution in [3.05, 3.63) is 10.4 Å². The molecule has 1 saturated heterocycles. The minimum Gasteiger partial charge on any atom is -0.384 e. The zero-order valence-electron chi connectivity index (χ0n) is 10.1. The lowest BCUT2D eigenvalue weighted by Gasteiger charge is -2.42. The summed E-state index contributed by atoms with van der Waals surface area (Å²) in [5.41, 5.74) is 8.50. The van der Waals surface area contributed by atoms with Gasteiger partial charge in [0.25, 0.3) is 0 Å². The van der Waals surface area contributed by atoms with Crippen LogP contribution in [0.3, 0.4) is 0 Å². The molecule has 1 heterocycles. The van der Waals surface area contributed by atoms with Gasteiger partial charge < -0.3 is 9.64 Å². The number of hydrogen-bond acceptors (Lipinski definition) is 3. The molecule has 0 aromatic carbocycles. The molecule has 0 N–H and O–H groups in total. The number of carbonyl (C=O) groups excluding carboxylic acids is 1. The van der Waals surface area contributed by atoms with Gasteiger partial charge in [-0.2, -0.15) is 0 Å². The van der Waals surface area contributed by atoms with Gasteiger partial charge in [-0.1, -0.05) is 11.5 Å². The van der Waals surface area contributed by atoms with E-state index in [2.05, 4.69) is 10.0 Å². The van der Waals surface area contributed by atoms with Gasteiger partial charge in [0.15, 0.2) is 0 Å². The van der Waals surface area contributed by atoms with Crippen molar-refractivity contribution >= 4 is 5.91 Å². The quantitative estimate of drug-likeness (QED) is 0.423. The van der Waals surface area contributed by atoms with E-state index < -0.39 is 0 Å². The van der Waals surface area contributed by atoms with Crippen molar-refractivity contribution in [1.29, 1.82) is 0 Å². The molecule has 0 bridgehead atoms. The first kappa shape index (κ1) is 12.2. The molecule has 6 heteroatoms. The highest BCUT2D eigenvalue weighted by atomic mass is 16.5. The highest BCUT2D eigenvalue weighted by molar-refractivity contribution is 5.78. The van der Waals surface area contributed by atoms with Crippen LogP contribution >= 0.6 is 0 Å². The van der Waals surface area contributed by atoms with Gasteiger partial charge in [0.1, 0.15) is 6.54 Å². The average Bonchev–Trinajstić information content (AvgIpc) is 2.66. The third-order valence-corrected chi connectivity index (χ3v) is 4.15. The fraction of sp³-hybridized carbons (Fsp3) is 0.909. The summed E-state index contributed by atoms with van der Waals surface area (Å²) in [7, 11) is 1.71. The topological polar surface area (TPSA) is 78.3 Å². The smallest absolute Gasteiger partial charge is 0.228 e. The van der Waals surface area contributed by atoms with Crippen LogP contribution in [0.25, 0.3) is 10.4 Å². The minimum absolute atomic E-state index is 0.0623. The molecule has 6 nitrogen and oxygen atoms in total. The van der Waals surface area contributed by atoms with E-state index in [4.69, 9.17) is 10.3 Å². The van der Waals surface area contributed by atoms with Gasteiger partial charge in [0.05, 0.1) is 6.61 Å². The summed E-state index contributed by atoms with van der Waals surface area (Å²) < 4.78 is 5.25. The first-order chi connectivity index (χ1) is 8.22. The van der Waals surface area contributed by atoms with Crippen LogP contribution in [0.4, 0.5) is 0 Å². The van der Waals surface area contributed by atoms with Crippen LogP contribution in [-0.4, -0.2) is 44.2 Å². The van der Waals surface area contributed by atoms with Crippen LogP contribution < -0.4 is 0 Å². The lowest BCUT2D eigenvalue weighted by atomic mass is 9.63. The van der Waals surface area contributed by atoms with Crippen LogP contribution in [0.1, 0.15) is 19.3 Å². The van der Waals surface area contributed by atoms with Gasteiger partial charge >= 0.3 is 0 Å². The van der Waals surface area contributed by atoms with Gasteiger partial charge in [-0.25, -0.2) is 0 Å². The zero-order chi connectivity index (χ0) is 12.3. The highest BCUT2D eigenvalue weighted by Gasteiger charge is 2.50. The predicted octanol–water partition coefficient (Wildman–Crippen LogP) is 1.57. The Morgan fingerprint density at radius 2 is 2.41 bits per heavy atom. The summed E-state index contributed by atoms with van der Waals surface area (Å²) in [6.07, 6.45) is 3.62. The Labute approximate surface area is 101 Å². The first-order valence-corrected chi connectivity index (χ1v) is 5.99. The summed E-state index contributed by atoms with van der Waals surface area (Å²) in [5.74, 6) is 0.379. The Hall–Kier alpha value is -1.26. The fourth-order valence-electron chi connectivity index (χ4n) is 3.04. The van der Waals surface area contributed by atoms with E-state index in [1.54, 1.807) is 7.11 Å². The SMILES string of the molecule is COC[C@H]1CN(C(=O)CN=[N+]=[N-])CC12CCC2. The Balaban J connectivity index is 1.99. The Kier molecular flexibility index (Phi) is 3.54. The van der Waals surface area contributed by atoms with E-state index in [1.807, 2.05) is 4.90 Å². The lowest BCUT2D eigenvalue weighted by Crippen LogP contribution is -2.39. The Morgan fingerprint density at radius 1 is 1.65 bits per heavy atom. The molecule has 1 spiro atoms. The van der Waals surface area contributed by atoms with Crippen molar-refractivity contribution in [1.82, 2.24) is 4.90 Å². The summed E-state index contributed by atoms with van der Waals surface area (Å²) in [5, 5.41) is 3.34. The fourth-order valence-corrected chi connectivity index (χ4v) is 3.04. The molecular formula is C11H18N4O2. The second-order valence-electron chi connectivity index (χ2n) is 5.03. The molecule has 1 saturated carbocycles. The number of methoxy groups -OCH3 is 1. The van der Waals surface area contributed by atoms with Crippen molar-refractivity contribution in [2.75, 3.05) is 33.4 Å². The van der Waals surface area contributed by atoms with Crippen molar-refractivity contribution in [3.63, 3.8) is 0 Å². The van der Waals surface area contributed by atoms with Gasteiger partial charge in [0, 0.05) is 31.0 Å². The maximum Gasteiger partial charge on any atom is 0.228 e. The monoisotopic (exact) mass is 238 g/mol. The standard InChI is InChI=1S/C11H18N4O2/c1-17-7-9-6-15(10(16)5-13-14-12)8-11(9)3-2-4-11/h9H,2-8H2,1H3/t9-/m1/s1. The third kappa shape index (κ3) is 2.23. The van der Waals surface area contributed by atoms with Crippen LogP contribution in [-0.2, 0) is 9.53 Å². The van der Waals surface area contributed by atoms with Crippen molar-refractivity contribution in [2.24, 2.45) is 16.4 Å². The molecule has 0 aromatic heterocycles. The number of azide groups is 1. The molecule has 2 aliphatic rings. The van der Waals surface area contributed by atoms with Crippen LogP contribution in [0, 0.1) is 11.3 Å². The normalized spacial score (nSPS) is 25.5. The number of carbonyl (C=O) groups is 1. The number of ether oxygens (including phenoxy) is 1. The largest absolute Gasteiger partial charge is 0.384 e. The van der Waals surface area contributed by atoms with E-state index in [9.17, 15) is 4.79 Å². The van der Waals surface area contributed by atoms with Crippen LogP contribution in [0.15, 0.2) is 5.11 Å². The zero-order valence-corrected chi connectivity index (χ0v) is 10.1. The molecule has 0 unspecified atom stereocenters. The van der Waals surface area contributed by atoms with E-state index in [1.165, 1.54) is 19.3 Å². The molecule has 2 fully saturated rings. The molecular weight excluding hydrogens is 220 g/mol. The van der Waals surface area contributed by atoms with E-state index in [-0.39, 0.29) is 17.9 Å².